The Labute approximate surface area is 59.3 Å². The van der Waals surface area contributed by atoms with Crippen LogP contribution in [0.5, 0.6) is 0 Å². The molecule has 0 aromatic rings. The van der Waals surface area contributed by atoms with Crippen LogP contribution in [0.25, 0.3) is 0 Å². The van der Waals surface area contributed by atoms with Crippen molar-refractivity contribution in [1.82, 2.24) is 5.43 Å². The van der Waals surface area contributed by atoms with Crippen molar-refractivity contribution in [2.75, 3.05) is 5.75 Å². The number of nitrogens with two attached hydrogens (primary N) is 1. The van der Waals surface area contributed by atoms with Crippen LogP contribution in [0.1, 0.15) is 13.8 Å². The van der Waals surface area contributed by atoms with Crippen LogP contribution in [-0.4, -0.2) is 16.9 Å². The molecular weight excluding hydrogens is 136 g/mol. The van der Waals surface area contributed by atoms with Gasteiger partial charge in [0, 0.05) is 0 Å². The molecule has 3 nitrogen and oxygen atoms in total. The molecule has 0 aliphatic carbocycles. The van der Waals surface area contributed by atoms with E-state index in [-0.39, 0.29) is 5.91 Å². The largest absolute Gasteiger partial charge is 0.294 e. The monoisotopic (exact) mass is 148 g/mol. The standard InChI is InChI=1S/C5H12N2OS/c1-4(2)9-3-5(8)7-6/h4H,3,6H2,1-2H3,(H,7,8). The molecule has 0 aliphatic heterocycles. The highest BCUT2D eigenvalue weighted by Crippen LogP contribution is 2.06. The Morgan fingerprint density at radius 1 is 1.78 bits per heavy atom. The first kappa shape index (κ1) is 8.78. The van der Waals surface area contributed by atoms with Crippen LogP contribution in [0, 0.1) is 0 Å². The van der Waals surface area contributed by atoms with E-state index in [1.54, 1.807) is 11.8 Å². The second kappa shape index (κ2) is 4.64. The molecular formula is C5H12N2OS. The van der Waals surface area contributed by atoms with Crippen LogP contribution in [0.3, 0.4) is 0 Å². The van der Waals surface area contributed by atoms with Crippen LogP contribution in [0.2, 0.25) is 0 Å². The fraction of sp³-hybridized carbons (Fsp3) is 0.800. The quantitative estimate of drug-likeness (QED) is 0.339. The number of amides is 1. The van der Waals surface area contributed by atoms with Gasteiger partial charge in [-0.15, -0.1) is 11.8 Å². The molecule has 0 radical (unpaired) electrons. The molecule has 0 atom stereocenters. The number of nitrogens with one attached hydrogen (secondary N) is 1. The first-order valence-electron chi connectivity index (χ1n) is 2.78. The van der Waals surface area contributed by atoms with Crippen molar-refractivity contribution in [3.05, 3.63) is 0 Å². The smallest absolute Gasteiger partial charge is 0.243 e. The minimum Gasteiger partial charge on any atom is -0.294 e. The summed E-state index contributed by atoms with van der Waals surface area (Å²) in [6, 6.07) is 0. The highest BCUT2D eigenvalue weighted by atomic mass is 32.2. The Balaban J connectivity index is 3.17. The minimum absolute atomic E-state index is 0.117. The number of carbonyl (C=O) groups is 1. The van der Waals surface area contributed by atoms with Crippen molar-refractivity contribution in [2.45, 2.75) is 19.1 Å². The van der Waals surface area contributed by atoms with Gasteiger partial charge in [0.25, 0.3) is 0 Å². The summed E-state index contributed by atoms with van der Waals surface area (Å²) in [6.45, 7) is 4.07. The van der Waals surface area contributed by atoms with E-state index >= 15 is 0 Å². The fourth-order valence-electron chi connectivity index (χ4n) is 0.284. The molecule has 0 rings (SSSR count). The van der Waals surface area contributed by atoms with Gasteiger partial charge in [0.05, 0.1) is 5.75 Å². The summed E-state index contributed by atoms with van der Waals surface area (Å²) in [7, 11) is 0. The van der Waals surface area contributed by atoms with Crippen LogP contribution in [0.4, 0.5) is 0 Å². The lowest BCUT2D eigenvalue weighted by atomic mass is 10.6. The van der Waals surface area contributed by atoms with E-state index in [9.17, 15) is 4.79 Å². The zero-order valence-corrected chi connectivity index (χ0v) is 6.49. The average molecular weight is 148 g/mol. The summed E-state index contributed by atoms with van der Waals surface area (Å²) in [5, 5.41) is 0.488. The van der Waals surface area contributed by atoms with E-state index in [2.05, 4.69) is 5.43 Å². The summed E-state index contributed by atoms with van der Waals surface area (Å²) in [4.78, 5) is 10.5. The van der Waals surface area contributed by atoms with Gasteiger partial charge in [0.15, 0.2) is 0 Å². The van der Waals surface area contributed by atoms with Gasteiger partial charge >= 0.3 is 0 Å². The number of hydrogen-bond acceptors (Lipinski definition) is 3. The lowest BCUT2D eigenvalue weighted by molar-refractivity contribution is -0.118. The predicted molar refractivity (Wildman–Crippen MR) is 39.9 cm³/mol. The molecule has 0 aromatic heterocycles. The third-order valence-corrected chi connectivity index (χ3v) is 1.80. The van der Waals surface area contributed by atoms with Gasteiger partial charge in [0.2, 0.25) is 5.91 Å². The molecule has 0 aromatic carbocycles. The Morgan fingerprint density at radius 2 is 2.33 bits per heavy atom. The van der Waals surface area contributed by atoms with Gasteiger partial charge < -0.3 is 0 Å². The Bertz CT molecular complexity index is 95.0. The topological polar surface area (TPSA) is 55.1 Å². The number of carbonyl (C=O) groups excluding carboxylic acids is 1. The maximum atomic E-state index is 10.5. The lowest BCUT2D eigenvalue weighted by Gasteiger charge is -2.01. The first-order chi connectivity index (χ1) is 4.16. The molecule has 54 valence electrons. The molecule has 0 unspecified atom stereocenters. The molecule has 0 spiro atoms. The minimum atomic E-state index is -0.117. The van der Waals surface area contributed by atoms with Crippen LogP contribution < -0.4 is 11.3 Å². The average Bonchev–Trinajstić information content (AvgIpc) is 1.83. The number of thioether (sulfide) groups is 1. The highest BCUT2D eigenvalue weighted by molar-refractivity contribution is 8.00. The Morgan fingerprint density at radius 3 is 2.67 bits per heavy atom. The Hall–Kier alpha value is -0.220. The summed E-state index contributed by atoms with van der Waals surface area (Å²) < 4.78 is 0. The van der Waals surface area contributed by atoms with Gasteiger partial charge in [-0.2, -0.15) is 0 Å². The van der Waals surface area contributed by atoms with Gasteiger partial charge in [-0.3, -0.25) is 10.2 Å². The molecule has 0 heterocycles. The predicted octanol–water partition coefficient (Wildman–Crippen LogP) is 0.118. The molecule has 3 N–H and O–H groups in total. The second-order valence-electron chi connectivity index (χ2n) is 1.93. The maximum absolute atomic E-state index is 10.5. The zero-order chi connectivity index (χ0) is 7.28. The van der Waals surface area contributed by atoms with E-state index in [0.29, 0.717) is 11.0 Å². The normalized spacial score (nSPS) is 9.78. The molecule has 0 bridgehead atoms. The van der Waals surface area contributed by atoms with Gasteiger partial charge in [0.1, 0.15) is 0 Å². The molecule has 4 heteroatoms. The molecule has 0 saturated carbocycles. The number of hydrogen-bond donors (Lipinski definition) is 2. The van der Waals surface area contributed by atoms with Crippen LogP contribution >= 0.6 is 11.8 Å². The van der Waals surface area contributed by atoms with Gasteiger partial charge in [-0.1, -0.05) is 13.8 Å². The van der Waals surface area contributed by atoms with Gasteiger partial charge in [-0.25, -0.2) is 5.84 Å². The number of rotatable bonds is 3. The van der Waals surface area contributed by atoms with E-state index in [0.717, 1.165) is 0 Å². The molecule has 9 heavy (non-hydrogen) atoms. The Kier molecular flexibility index (Phi) is 4.53. The second-order valence-corrected chi connectivity index (χ2v) is 3.49. The van der Waals surface area contributed by atoms with E-state index in [4.69, 9.17) is 5.84 Å². The summed E-state index contributed by atoms with van der Waals surface area (Å²) in [5.41, 5.74) is 2.06. The molecule has 1 amide bonds. The summed E-state index contributed by atoms with van der Waals surface area (Å²) in [5.74, 6) is 5.18. The van der Waals surface area contributed by atoms with Crippen molar-refractivity contribution in [3.8, 4) is 0 Å². The molecule has 0 saturated heterocycles. The van der Waals surface area contributed by atoms with Crippen molar-refractivity contribution in [3.63, 3.8) is 0 Å². The lowest BCUT2D eigenvalue weighted by Crippen LogP contribution is -2.31. The van der Waals surface area contributed by atoms with Crippen molar-refractivity contribution >= 4 is 17.7 Å². The van der Waals surface area contributed by atoms with Crippen molar-refractivity contribution < 1.29 is 4.79 Å². The zero-order valence-electron chi connectivity index (χ0n) is 5.68. The third-order valence-electron chi connectivity index (χ3n) is 0.709. The van der Waals surface area contributed by atoms with Crippen molar-refractivity contribution in [1.29, 1.82) is 0 Å². The fourth-order valence-corrected chi connectivity index (χ4v) is 0.852. The van der Waals surface area contributed by atoms with E-state index in [1.807, 2.05) is 13.8 Å². The number of hydrazine groups is 1. The first-order valence-corrected chi connectivity index (χ1v) is 3.82. The highest BCUT2D eigenvalue weighted by Gasteiger charge is 1.99. The SMILES string of the molecule is CC(C)SCC(=O)NN. The summed E-state index contributed by atoms with van der Waals surface area (Å²) >= 11 is 1.57. The van der Waals surface area contributed by atoms with Crippen LogP contribution in [-0.2, 0) is 4.79 Å². The molecule has 0 fully saturated rings. The molecule has 0 aliphatic rings. The van der Waals surface area contributed by atoms with Crippen LogP contribution in [0.15, 0.2) is 0 Å². The maximum Gasteiger partial charge on any atom is 0.243 e. The van der Waals surface area contributed by atoms with Gasteiger partial charge in [-0.05, 0) is 5.25 Å². The third kappa shape index (κ3) is 5.65. The summed E-state index contributed by atoms with van der Waals surface area (Å²) in [6.07, 6.45) is 0. The van der Waals surface area contributed by atoms with E-state index < -0.39 is 0 Å². The van der Waals surface area contributed by atoms with Crippen molar-refractivity contribution in [2.24, 2.45) is 5.84 Å². The van der Waals surface area contributed by atoms with E-state index in [1.165, 1.54) is 0 Å².